The standard InChI is InChI=1S/C18H18N4O/c1-13-7-3-4-8-15(13)18(23)20-12-14-11-17(22(2)21-14)16-9-5-6-10-19-16/h3-11H,12H2,1-2H3,(H,20,23). The third kappa shape index (κ3) is 3.29. The number of carbonyl (C=O) groups excluding carboxylic acids is 1. The van der Waals surface area contributed by atoms with Gasteiger partial charge < -0.3 is 5.32 Å². The zero-order valence-corrected chi connectivity index (χ0v) is 13.2. The van der Waals surface area contributed by atoms with Gasteiger partial charge in [0.2, 0.25) is 0 Å². The summed E-state index contributed by atoms with van der Waals surface area (Å²) in [6.45, 7) is 2.31. The summed E-state index contributed by atoms with van der Waals surface area (Å²) in [5, 5.41) is 7.35. The normalized spacial score (nSPS) is 10.5. The summed E-state index contributed by atoms with van der Waals surface area (Å²) in [5.74, 6) is -0.0897. The molecule has 3 rings (SSSR count). The Morgan fingerprint density at radius 1 is 1.17 bits per heavy atom. The lowest BCUT2D eigenvalue weighted by atomic mass is 10.1. The summed E-state index contributed by atoms with van der Waals surface area (Å²) >= 11 is 0. The van der Waals surface area contributed by atoms with Crippen molar-refractivity contribution in [3.05, 3.63) is 71.5 Å². The Balaban J connectivity index is 1.72. The number of rotatable bonds is 4. The molecular weight excluding hydrogens is 288 g/mol. The fraction of sp³-hybridized carbons (Fsp3) is 0.167. The molecule has 2 heterocycles. The maximum atomic E-state index is 12.2. The van der Waals surface area contributed by atoms with Crippen molar-refractivity contribution in [2.45, 2.75) is 13.5 Å². The summed E-state index contributed by atoms with van der Waals surface area (Å²) < 4.78 is 1.78. The first-order valence-electron chi connectivity index (χ1n) is 7.43. The van der Waals surface area contributed by atoms with Crippen LogP contribution in [0, 0.1) is 6.92 Å². The SMILES string of the molecule is Cc1ccccc1C(=O)NCc1cc(-c2ccccn2)n(C)n1. The first kappa shape index (κ1) is 15.0. The molecule has 1 aromatic carbocycles. The zero-order chi connectivity index (χ0) is 16.2. The monoisotopic (exact) mass is 306 g/mol. The van der Waals surface area contributed by atoms with E-state index in [4.69, 9.17) is 0 Å². The number of aryl methyl sites for hydroxylation is 2. The number of pyridine rings is 1. The Labute approximate surface area is 135 Å². The van der Waals surface area contributed by atoms with Crippen LogP contribution in [0.15, 0.2) is 54.7 Å². The number of nitrogens with zero attached hydrogens (tertiary/aromatic N) is 3. The van der Waals surface area contributed by atoms with Gasteiger partial charge in [-0.25, -0.2) is 0 Å². The highest BCUT2D eigenvalue weighted by Gasteiger charge is 2.11. The minimum Gasteiger partial charge on any atom is -0.346 e. The summed E-state index contributed by atoms with van der Waals surface area (Å²) in [6, 6.07) is 15.2. The average Bonchev–Trinajstić information content (AvgIpc) is 2.95. The van der Waals surface area contributed by atoms with Crippen molar-refractivity contribution in [1.82, 2.24) is 20.1 Å². The molecular formula is C18H18N4O. The van der Waals surface area contributed by atoms with Gasteiger partial charge in [-0.1, -0.05) is 24.3 Å². The molecule has 0 unspecified atom stereocenters. The topological polar surface area (TPSA) is 59.8 Å². The molecule has 0 spiro atoms. The van der Waals surface area contributed by atoms with Gasteiger partial charge in [0, 0.05) is 18.8 Å². The van der Waals surface area contributed by atoms with Crippen molar-refractivity contribution < 1.29 is 4.79 Å². The first-order valence-corrected chi connectivity index (χ1v) is 7.43. The molecule has 0 aliphatic rings. The molecule has 0 saturated carbocycles. The molecule has 5 heteroatoms. The number of aromatic nitrogens is 3. The van der Waals surface area contributed by atoms with Gasteiger partial charge in [0.15, 0.2) is 0 Å². The first-order chi connectivity index (χ1) is 11.1. The van der Waals surface area contributed by atoms with Gasteiger partial charge in [-0.2, -0.15) is 5.10 Å². The minimum atomic E-state index is -0.0897. The van der Waals surface area contributed by atoms with E-state index in [1.807, 2.05) is 62.5 Å². The van der Waals surface area contributed by atoms with Gasteiger partial charge in [0.05, 0.1) is 23.6 Å². The van der Waals surface area contributed by atoms with Crippen LogP contribution < -0.4 is 5.32 Å². The molecule has 0 fully saturated rings. The van der Waals surface area contributed by atoms with Crippen LogP contribution in [-0.4, -0.2) is 20.7 Å². The third-order valence-corrected chi connectivity index (χ3v) is 3.68. The van der Waals surface area contributed by atoms with Crippen LogP contribution >= 0.6 is 0 Å². The van der Waals surface area contributed by atoms with E-state index >= 15 is 0 Å². The molecule has 1 amide bonds. The zero-order valence-electron chi connectivity index (χ0n) is 13.2. The predicted octanol–water partition coefficient (Wildman–Crippen LogP) is 2.72. The molecule has 3 aromatic rings. The molecule has 2 aromatic heterocycles. The quantitative estimate of drug-likeness (QED) is 0.806. The Morgan fingerprint density at radius 2 is 1.96 bits per heavy atom. The Hall–Kier alpha value is -2.95. The summed E-state index contributed by atoms with van der Waals surface area (Å²) in [6.07, 6.45) is 1.75. The van der Waals surface area contributed by atoms with Crippen molar-refractivity contribution in [2.75, 3.05) is 0 Å². The lowest BCUT2D eigenvalue weighted by Crippen LogP contribution is -2.23. The minimum absolute atomic E-state index is 0.0897. The number of carbonyl (C=O) groups is 1. The Bertz CT molecular complexity index is 824. The van der Waals surface area contributed by atoms with Crippen LogP contribution in [0.1, 0.15) is 21.6 Å². The van der Waals surface area contributed by atoms with E-state index in [9.17, 15) is 4.79 Å². The maximum Gasteiger partial charge on any atom is 0.251 e. The number of amides is 1. The number of nitrogens with one attached hydrogen (secondary N) is 1. The molecule has 0 bridgehead atoms. The van der Waals surface area contributed by atoms with Crippen LogP contribution in [0.4, 0.5) is 0 Å². The molecule has 23 heavy (non-hydrogen) atoms. The van der Waals surface area contributed by atoms with Crippen LogP contribution in [-0.2, 0) is 13.6 Å². The van der Waals surface area contributed by atoms with Crippen molar-refractivity contribution in [3.63, 3.8) is 0 Å². The maximum absolute atomic E-state index is 12.2. The molecule has 0 radical (unpaired) electrons. The van der Waals surface area contributed by atoms with E-state index in [2.05, 4.69) is 15.4 Å². The highest BCUT2D eigenvalue weighted by atomic mass is 16.1. The largest absolute Gasteiger partial charge is 0.346 e. The van der Waals surface area contributed by atoms with Gasteiger partial charge >= 0.3 is 0 Å². The van der Waals surface area contributed by atoms with Crippen molar-refractivity contribution in [2.24, 2.45) is 7.05 Å². The van der Waals surface area contributed by atoms with Crippen molar-refractivity contribution in [3.8, 4) is 11.4 Å². The summed E-state index contributed by atoms with van der Waals surface area (Å²) in [4.78, 5) is 16.6. The van der Waals surface area contributed by atoms with Gasteiger partial charge in [-0.3, -0.25) is 14.5 Å². The lowest BCUT2D eigenvalue weighted by molar-refractivity contribution is 0.0949. The lowest BCUT2D eigenvalue weighted by Gasteiger charge is -2.05. The molecule has 1 N–H and O–H groups in total. The summed E-state index contributed by atoms with van der Waals surface area (Å²) in [7, 11) is 1.87. The van der Waals surface area contributed by atoms with Crippen LogP contribution in [0.3, 0.4) is 0 Å². The van der Waals surface area contributed by atoms with E-state index in [1.165, 1.54) is 0 Å². The second kappa shape index (κ2) is 6.44. The average molecular weight is 306 g/mol. The highest BCUT2D eigenvalue weighted by molar-refractivity contribution is 5.95. The van der Waals surface area contributed by atoms with Gasteiger partial charge in [-0.05, 0) is 36.8 Å². The van der Waals surface area contributed by atoms with E-state index in [1.54, 1.807) is 10.9 Å². The van der Waals surface area contributed by atoms with Crippen LogP contribution in [0.25, 0.3) is 11.4 Å². The van der Waals surface area contributed by atoms with E-state index in [0.29, 0.717) is 12.1 Å². The van der Waals surface area contributed by atoms with E-state index in [0.717, 1.165) is 22.6 Å². The number of hydrogen-bond donors (Lipinski definition) is 1. The van der Waals surface area contributed by atoms with Crippen LogP contribution in [0.2, 0.25) is 0 Å². The van der Waals surface area contributed by atoms with Crippen molar-refractivity contribution >= 4 is 5.91 Å². The summed E-state index contributed by atoms with van der Waals surface area (Å²) in [5.41, 5.74) is 4.23. The molecule has 116 valence electrons. The molecule has 0 aliphatic heterocycles. The van der Waals surface area contributed by atoms with Crippen molar-refractivity contribution in [1.29, 1.82) is 0 Å². The van der Waals surface area contributed by atoms with Gasteiger partial charge in [0.1, 0.15) is 0 Å². The fourth-order valence-corrected chi connectivity index (χ4v) is 2.46. The molecule has 0 saturated heterocycles. The molecule has 0 atom stereocenters. The smallest absolute Gasteiger partial charge is 0.251 e. The molecule has 5 nitrogen and oxygen atoms in total. The predicted molar refractivity (Wildman–Crippen MR) is 88.8 cm³/mol. The number of benzene rings is 1. The number of hydrogen-bond acceptors (Lipinski definition) is 3. The Morgan fingerprint density at radius 3 is 2.70 bits per heavy atom. The molecule has 0 aliphatic carbocycles. The van der Waals surface area contributed by atoms with E-state index < -0.39 is 0 Å². The second-order valence-electron chi connectivity index (χ2n) is 5.36. The highest BCUT2D eigenvalue weighted by Crippen LogP contribution is 2.17. The third-order valence-electron chi connectivity index (χ3n) is 3.68. The van der Waals surface area contributed by atoms with Crippen LogP contribution in [0.5, 0.6) is 0 Å². The second-order valence-corrected chi connectivity index (χ2v) is 5.36. The fourth-order valence-electron chi connectivity index (χ4n) is 2.46. The Kier molecular flexibility index (Phi) is 4.19. The van der Waals surface area contributed by atoms with Gasteiger partial charge in [-0.15, -0.1) is 0 Å². The van der Waals surface area contributed by atoms with Gasteiger partial charge in [0.25, 0.3) is 5.91 Å². The van der Waals surface area contributed by atoms with E-state index in [-0.39, 0.29) is 5.91 Å².